The Morgan fingerprint density at radius 2 is 1.95 bits per heavy atom. The third-order valence-corrected chi connectivity index (χ3v) is 3.59. The lowest BCUT2D eigenvalue weighted by atomic mass is 10.1. The van der Waals surface area contributed by atoms with Gasteiger partial charge in [0.25, 0.3) is 0 Å². The summed E-state index contributed by atoms with van der Waals surface area (Å²) in [4.78, 5) is 6.53. The molecule has 100 valence electrons. The van der Waals surface area contributed by atoms with Crippen LogP contribution in [0.5, 0.6) is 0 Å². The minimum Gasteiger partial charge on any atom is -0.397 e. The van der Waals surface area contributed by atoms with Gasteiger partial charge in [0.2, 0.25) is 0 Å². The van der Waals surface area contributed by atoms with Gasteiger partial charge in [0.1, 0.15) is 0 Å². The maximum Gasteiger partial charge on any atom is 0.0772 e. The van der Waals surface area contributed by atoms with Gasteiger partial charge in [0.15, 0.2) is 0 Å². The highest BCUT2D eigenvalue weighted by Gasteiger charge is 2.13. The van der Waals surface area contributed by atoms with Crippen LogP contribution in [0.15, 0.2) is 42.6 Å². The minimum atomic E-state index is 0.277. The average Bonchev–Trinajstić information content (AvgIpc) is 2.41. The van der Waals surface area contributed by atoms with Gasteiger partial charge in [-0.2, -0.15) is 0 Å². The van der Waals surface area contributed by atoms with E-state index in [9.17, 15) is 0 Å². The number of rotatable bonds is 4. The summed E-state index contributed by atoms with van der Waals surface area (Å²) in [5, 5.41) is 0.757. The first kappa shape index (κ1) is 13.8. The Bertz CT molecular complexity index is 539. The predicted molar refractivity (Wildman–Crippen MR) is 80.0 cm³/mol. The lowest BCUT2D eigenvalue weighted by molar-refractivity contribution is 0.250. The number of nitrogen functional groups attached to an aromatic ring is 1. The highest BCUT2D eigenvalue weighted by molar-refractivity contribution is 6.30. The van der Waals surface area contributed by atoms with Crippen molar-refractivity contribution in [1.82, 2.24) is 9.88 Å². The topological polar surface area (TPSA) is 42.2 Å². The molecule has 4 heteroatoms. The molecule has 2 aromatic rings. The zero-order valence-corrected chi connectivity index (χ0v) is 11.9. The molecule has 1 atom stereocenters. The molecule has 0 bridgehead atoms. The number of hydrogen-bond donors (Lipinski definition) is 1. The first-order valence-corrected chi connectivity index (χ1v) is 6.61. The first-order valence-electron chi connectivity index (χ1n) is 6.23. The average molecular weight is 276 g/mol. The summed E-state index contributed by atoms with van der Waals surface area (Å²) < 4.78 is 0. The van der Waals surface area contributed by atoms with E-state index in [0.717, 1.165) is 22.9 Å². The fourth-order valence-corrected chi connectivity index (χ4v) is 2.08. The van der Waals surface area contributed by atoms with E-state index in [0.29, 0.717) is 0 Å². The fourth-order valence-electron chi connectivity index (χ4n) is 1.95. The van der Waals surface area contributed by atoms with Crippen LogP contribution in [0, 0.1) is 0 Å². The maximum atomic E-state index is 5.92. The second kappa shape index (κ2) is 6.04. The van der Waals surface area contributed by atoms with Gasteiger partial charge in [-0.25, -0.2) is 0 Å². The van der Waals surface area contributed by atoms with Crippen LogP contribution in [-0.4, -0.2) is 16.9 Å². The van der Waals surface area contributed by atoms with Crippen LogP contribution in [-0.2, 0) is 6.54 Å². The zero-order valence-electron chi connectivity index (χ0n) is 11.2. The SMILES string of the molecule is CC(c1ccc(Cl)cc1)N(C)Cc1ncccc1N. The van der Waals surface area contributed by atoms with Crippen LogP contribution in [0.3, 0.4) is 0 Å². The highest BCUT2D eigenvalue weighted by atomic mass is 35.5. The van der Waals surface area contributed by atoms with Crippen LogP contribution in [0.1, 0.15) is 24.2 Å². The molecule has 1 unspecified atom stereocenters. The van der Waals surface area contributed by atoms with Gasteiger partial charge in [0.05, 0.1) is 11.4 Å². The van der Waals surface area contributed by atoms with Crippen molar-refractivity contribution < 1.29 is 0 Å². The fraction of sp³-hybridized carbons (Fsp3) is 0.267. The van der Waals surface area contributed by atoms with Crippen molar-refractivity contribution in [1.29, 1.82) is 0 Å². The molecule has 19 heavy (non-hydrogen) atoms. The Morgan fingerprint density at radius 1 is 1.26 bits per heavy atom. The molecule has 0 radical (unpaired) electrons. The maximum absolute atomic E-state index is 5.92. The quantitative estimate of drug-likeness (QED) is 0.928. The van der Waals surface area contributed by atoms with Crippen LogP contribution in [0.25, 0.3) is 0 Å². The molecule has 1 aromatic heterocycles. The van der Waals surface area contributed by atoms with E-state index in [-0.39, 0.29) is 6.04 Å². The third kappa shape index (κ3) is 3.46. The molecule has 0 saturated carbocycles. The number of pyridine rings is 1. The van der Waals surface area contributed by atoms with Gasteiger partial charge in [-0.15, -0.1) is 0 Å². The van der Waals surface area contributed by atoms with Gasteiger partial charge in [-0.1, -0.05) is 23.7 Å². The van der Waals surface area contributed by atoms with E-state index in [1.54, 1.807) is 6.20 Å². The Balaban J connectivity index is 2.09. The molecule has 0 fully saturated rings. The van der Waals surface area contributed by atoms with Crippen LogP contribution < -0.4 is 5.73 Å². The van der Waals surface area contributed by atoms with Gasteiger partial charge in [-0.05, 0) is 43.8 Å². The summed E-state index contributed by atoms with van der Waals surface area (Å²) in [5.74, 6) is 0. The van der Waals surface area contributed by atoms with Crippen LogP contribution >= 0.6 is 11.6 Å². The van der Waals surface area contributed by atoms with Crippen molar-refractivity contribution in [3.63, 3.8) is 0 Å². The summed E-state index contributed by atoms with van der Waals surface area (Å²) in [6, 6.07) is 11.9. The molecule has 0 aliphatic carbocycles. The van der Waals surface area contributed by atoms with Gasteiger partial charge in [0, 0.05) is 23.8 Å². The molecule has 2 rings (SSSR count). The van der Waals surface area contributed by atoms with Gasteiger partial charge in [-0.3, -0.25) is 9.88 Å². The molecular weight excluding hydrogens is 258 g/mol. The lowest BCUT2D eigenvalue weighted by Crippen LogP contribution is -2.23. The van der Waals surface area contributed by atoms with E-state index in [1.165, 1.54) is 5.56 Å². The van der Waals surface area contributed by atoms with E-state index in [1.807, 2.05) is 36.4 Å². The number of halogens is 1. The number of anilines is 1. The largest absolute Gasteiger partial charge is 0.397 e. The van der Waals surface area contributed by atoms with Gasteiger partial charge < -0.3 is 5.73 Å². The molecule has 1 aromatic carbocycles. The van der Waals surface area contributed by atoms with E-state index in [2.05, 4.69) is 23.9 Å². The Hall–Kier alpha value is -1.58. The minimum absolute atomic E-state index is 0.277. The normalized spacial score (nSPS) is 12.6. The predicted octanol–water partition coefficient (Wildman–Crippen LogP) is 3.51. The number of hydrogen-bond acceptors (Lipinski definition) is 3. The second-order valence-corrected chi connectivity index (χ2v) is 5.12. The van der Waals surface area contributed by atoms with Crippen molar-refractivity contribution in [3.8, 4) is 0 Å². The second-order valence-electron chi connectivity index (χ2n) is 4.68. The number of nitrogens with two attached hydrogens (primary N) is 1. The summed E-state index contributed by atoms with van der Waals surface area (Å²) >= 11 is 5.91. The third-order valence-electron chi connectivity index (χ3n) is 3.34. The summed E-state index contributed by atoms with van der Waals surface area (Å²) in [6.45, 7) is 2.87. The Kier molecular flexibility index (Phi) is 4.40. The monoisotopic (exact) mass is 275 g/mol. The van der Waals surface area contributed by atoms with Gasteiger partial charge >= 0.3 is 0 Å². The summed E-state index contributed by atoms with van der Waals surface area (Å²) in [5.41, 5.74) is 8.79. The molecule has 2 N–H and O–H groups in total. The number of aromatic nitrogens is 1. The molecule has 0 aliphatic rings. The Labute approximate surface area is 119 Å². The van der Waals surface area contributed by atoms with E-state index in [4.69, 9.17) is 17.3 Å². The van der Waals surface area contributed by atoms with Crippen LogP contribution in [0.2, 0.25) is 5.02 Å². The van der Waals surface area contributed by atoms with E-state index >= 15 is 0 Å². The zero-order chi connectivity index (χ0) is 13.8. The van der Waals surface area contributed by atoms with Crippen LogP contribution in [0.4, 0.5) is 5.69 Å². The number of benzene rings is 1. The summed E-state index contributed by atoms with van der Waals surface area (Å²) in [6.07, 6.45) is 1.77. The van der Waals surface area contributed by atoms with Crippen molar-refractivity contribution in [2.75, 3.05) is 12.8 Å². The molecule has 0 saturated heterocycles. The molecule has 0 aliphatic heterocycles. The standard InChI is InChI=1S/C15H18ClN3/c1-11(12-5-7-13(16)8-6-12)19(2)10-15-14(17)4-3-9-18-15/h3-9,11H,10,17H2,1-2H3. The molecule has 0 spiro atoms. The summed E-state index contributed by atoms with van der Waals surface area (Å²) in [7, 11) is 2.06. The molecule has 1 heterocycles. The van der Waals surface area contributed by atoms with Crippen molar-refractivity contribution in [3.05, 3.63) is 58.9 Å². The van der Waals surface area contributed by atoms with Crippen molar-refractivity contribution >= 4 is 17.3 Å². The Morgan fingerprint density at radius 3 is 2.58 bits per heavy atom. The lowest BCUT2D eigenvalue weighted by Gasteiger charge is -2.25. The smallest absolute Gasteiger partial charge is 0.0772 e. The number of nitrogens with zero attached hydrogens (tertiary/aromatic N) is 2. The molecule has 0 amide bonds. The van der Waals surface area contributed by atoms with Crippen molar-refractivity contribution in [2.45, 2.75) is 19.5 Å². The highest BCUT2D eigenvalue weighted by Crippen LogP contribution is 2.23. The molecular formula is C15H18ClN3. The van der Waals surface area contributed by atoms with E-state index < -0.39 is 0 Å². The first-order chi connectivity index (χ1) is 9.08. The molecule has 3 nitrogen and oxygen atoms in total. The van der Waals surface area contributed by atoms with Crippen molar-refractivity contribution in [2.24, 2.45) is 0 Å².